The molecule has 4 rings (SSSR count). The number of likely N-dealkylation sites (N-methyl/N-ethyl adjacent to an activating group) is 1. The number of hydrogen-bond donors (Lipinski definition) is 0. The summed E-state index contributed by atoms with van der Waals surface area (Å²) < 4.78 is 20.0. The Bertz CT molecular complexity index is 938. The minimum absolute atomic E-state index is 0.0699. The standard InChI is InChI=1S/C19H15FN2O/c1-22-10-16(13-3-2-12-6-7-23-18(12)8-13)15-5-4-14(9-21)19(20)17(15)11-22/h2-8,16H,10-11H2,1H3. The highest BCUT2D eigenvalue weighted by atomic mass is 19.1. The van der Waals surface area contributed by atoms with Crippen molar-refractivity contribution in [3.05, 3.63) is 70.7 Å². The molecule has 1 unspecified atom stereocenters. The van der Waals surface area contributed by atoms with Gasteiger partial charge in [0, 0.05) is 30.0 Å². The van der Waals surface area contributed by atoms with E-state index in [1.807, 2.05) is 37.4 Å². The Morgan fingerprint density at radius 2 is 2.13 bits per heavy atom. The first-order valence-corrected chi connectivity index (χ1v) is 7.54. The summed E-state index contributed by atoms with van der Waals surface area (Å²) in [5.41, 5.74) is 3.64. The first-order valence-electron chi connectivity index (χ1n) is 7.54. The van der Waals surface area contributed by atoms with Gasteiger partial charge < -0.3 is 9.32 Å². The summed E-state index contributed by atoms with van der Waals surface area (Å²) >= 11 is 0. The lowest BCUT2D eigenvalue weighted by molar-refractivity contribution is 0.288. The maximum atomic E-state index is 14.6. The van der Waals surface area contributed by atoms with Crippen LogP contribution < -0.4 is 0 Å². The van der Waals surface area contributed by atoms with Gasteiger partial charge in [0.25, 0.3) is 0 Å². The molecule has 1 aliphatic heterocycles. The molecule has 2 heterocycles. The van der Waals surface area contributed by atoms with Crippen molar-refractivity contribution in [1.82, 2.24) is 4.90 Å². The first kappa shape index (κ1) is 14.0. The number of nitriles is 1. The van der Waals surface area contributed by atoms with Crippen molar-refractivity contribution < 1.29 is 8.81 Å². The molecular weight excluding hydrogens is 291 g/mol. The van der Waals surface area contributed by atoms with Crippen molar-refractivity contribution in [3.63, 3.8) is 0 Å². The SMILES string of the molecule is CN1Cc2c(ccc(C#N)c2F)C(c2ccc3ccoc3c2)C1. The third-order valence-corrected chi connectivity index (χ3v) is 4.58. The molecule has 1 atom stereocenters. The molecule has 0 amide bonds. The fourth-order valence-corrected chi connectivity index (χ4v) is 3.43. The quantitative estimate of drug-likeness (QED) is 0.681. The molecule has 0 fully saturated rings. The van der Waals surface area contributed by atoms with Crippen LogP contribution in [-0.2, 0) is 6.54 Å². The number of fused-ring (bicyclic) bond motifs is 2. The van der Waals surface area contributed by atoms with E-state index in [1.54, 1.807) is 12.3 Å². The van der Waals surface area contributed by atoms with E-state index < -0.39 is 0 Å². The van der Waals surface area contributed by atoms with E-state index in [0.29, 0.717) is 12.1 Å². The maximum Gasteiger partial charge on any atom is 0.145 e. The second kappa shape index (κ2) is 5.22. The molecule has 0 saturated heterocycles. The highest BCUT2D eigenvalue weighted by Gasteiger charge is 2.28. The van der Waals surface area contributed by atoms with Crippen LogP contribution in [0, 0.1) is 17.1 Å². The highest BCUT2D eigenvalue weighted by molar-refractivity contribution is 5.78. The summed E-state index contributed by atoms with van der Waals surface area (Å²) in [6, 6.07) is 13.5. The van der Waals surface area contributed by atoms with Crippen LogP contribution in [-0.4, -0.2) is 18.5 Å². The summed E-state index contributed by atoms with van der Waals surface area (Å²) in [4.78, 5) is 2.09. The van der Waals surface area contributed by atoms with Crippen molar-refractivity contribution in [2.75, 3.05) is 13.6 Å². The summed E-state index contributed by atoms with van der Waals surface area (Å²) in [6.45, 7) is 1.33. The Kier molecular flexibility index (Phi) is 3.17. The first-order chi connectivity index (χ1) is 11.2. The van der Waals surface area contributed by atoms with E-state index in [4.69, 9.17) is 9.68 Å². The third kappa shape index (κ3) is 2.21. The number of furan rings is 1. The monoisotopic (exact) mass is 306 g/mol. The number of benzene rings is 2. The average Bonchev–Trinajstić information content (AvgIpc) is 3.02. The van der Waals surface area contributed by atoms with Gasteiger partial charge in [-0.05, 0) is 36.4 Å². The smallest absolute Gasteiger partial charge is 0.145 e. The third-order valence-electron chi connectivity index (χ3n) is 4.58. The van der Waals surface area contributed by atoms with Crippen LogP contribution in [0.25, 0.3) is 11.0 Å². The molecule has 1 aliphatic rings. The number of hydrogen-bond acceptors (Lipinski definition) is 3. The summed E-state index contributed by atoms with van der Waals surface area (Å²) in [5.74, 6) is -0.318. The minimum Gasteiger partial charge on any atom is -0.464 e. The van der Waals surface area contributed by atoms with Gasteiger partial charge in [-0.25, -0.2) is 4.39 Å². The van der Waals surface area contributed by atoms with Crippen LogP contribution in [0.4, 0.5) is 4.39 Å². The number of halogens is 1. The number of nitrogens with zero attached hydrogens (tertiary/aromatic N) is 2. The lowest BCUT2D eigenvalue weighted by atomic mass is 9.83. The predicted molar refractivity (Wildman–Crippen MR) is 85.5 cm³/mol. The van der Waals surface area contributed by atoms with Crippen molar-refractivity contribution in [2.45, 2.75) is 12.5 Å². The van der Waals surface area contributed by atoms with Crippen LogP contribution >= 0.6 is 0 Å². The van der Waals surface area contributed by atoms with Gasteiger partial charge in [-0.15, -0.1) is 0 Å². The van der Waals surface area contributed by atoms with Gasteiger partial charge in [-0.3, -0.25) is 0 Å². The topological polar surface area (TPSA) is 40.2 Å². The van der Waals surface area contributed by atoms with Gasteiger partial charge in [-0.2, -0.15) is 5.26 Å². The van der Waals surface area contributed by atoms with Crippen LogP contribution in [0.5, 0.6) is 0 Å². The van der Waals surface area contributed by atoms with Crippen molar-refractivity contribution in [1.29, 1.82) is 5.26 Å². The number of rotatable bonds is 1. The summed E-state index contributed by atoms with van der Waals surface area (Å²) in [6.07, 6.45) is 1.67. The Labute approximate surface area is 133 Å². The molecule has 3 nitrogen and oxygen atoms in total. The molecule has 0 spiro atoms. The Morgan fingerprint density at radius 1 is 1.26 bits per heavy atom. The molecule has 4 heteroatoms. The van der Waals surface area contributed by atoms with Gasteiger partial charge in [0.05, 0.1) is 11.8 Å². The molecule has 0 aliphatic carbocycles. The molecule has 0 bridgehead atoms. The van der Waals surface area contributed by atoms with E-state index in [-0.39, 0.29) is 17.3 Å². The second-order valence-electron chi connectivity index (χ2n) is 6.07. The Hall–Kier alpha value is -2.64. The Morgan fingerprint density at radius 3 is 2.96 bits per heavy atom. The van der Waals surface area contributed by atoms with Gasteiger partial charge in [0.2, 0.25) is 0 Å². The zero-order chi connectivity index (χ0) is 16.0. The zero-order valence-corrected chi connectivity index (χ0v) is 12.7. The van der Waals surface area contributed by atoms with E-state index in [0.717, 1.165) is 28.6 Å². The van der Waals surface area contributed by atoms with Crippen molar-refractivity contribution >= 4 is 11.0 Å². The van der Waals surface area contributed by atoms with Gasteiger partial charge in [0.1, 0.15) is 17.5 Å². The van der Waals surface area contributed by atoms with Crippen molar-refractivity contribution in [3.8, 4) is 6.07 Å². The van der Waals surface area contributed by atoms with E-state index in [2.05, 4.69) is 11.0 Å². The largest absolute Gasteiger partial charge is 0.464 e. The molecule has 0 N–H and O–H groups in total. The lowest BCUT2D eigenvalue weighted by Crippen LogP contribution is -2.32. The minimum atomic E-state index is -0.388. The maximum absolute atomic E-state index is 14.6. The van der Waals surface area contributed by atoms with Crippen LogP contribution in [0.3, 0.4) is 0 Å². The zero-order valence-electron chi connectivity index (χ0n) is 12.7. The molecule has 3 aromatic rings. The lowest BCUT2D eigenvalue weighted by Gasteiger charge is -2.33. The fourth-order valence-electron chi connectivity index (χ4n) is 3.43. The Balaban J connectivity index is 1.87. The normalized spacial score (nSPS) is 17.9. The van der Waals surface area contributed by atoms with E-state index in [9.17, 15) is 4.39 Å². The molecule has 0 radical (unpaired) electrons. The molecule has 2 aromatic carbocycles. The predicted octanol–water partition coefficient (Wildman–Crippen LogP) is 4.02. The second-order valence-corrected chi connectivity index (χ2v) is 6.07. The highest BCUT2D eigenvalue weighted by Crippen LogP contribution is 2.36. The van der Waals surface area contributed by atoms with Gasteiger partial charge >= 0.3 is 0 Å². The summed E-state index contributed by atoms with van der Waals surface area (Å²) in [7, 11) is 1.97. The van der Waals surface area contributed by atoms with E-state index >= 15 is 0 Å². The van der Waals surface area contributed by atoms with Gasteiger partial charge in [-0.1, -0.05) is 18.2 Å². The van der Waals surface area contributed by atoms with E-state index in [1.165, 1.54) is 0 Å². The summed E-state index contributed by atoms with van der Waals surface area (Å²) in [5, 5.41) is 10.1. The van der Waals surface area contributed by atoms with Crippen molar-refractivity contribution in [2.24, 2.45) is 0 Å². The molecule has 23 heavy (non-hydrogen) atoms. The molecule has 0 saturated carbocycles. The van der Waals surface area contributed by atoms with Crippen LogP contribution in [0.1, 0.15) is 28.2 Å². The van der Waals surface area contributed by atoms with Crippen LogP contribution in [0.2, 0.25) is 0 Å². The van der Waals surface area contributed by atoms with Crippen LogP contribution in [0.15, 0.2) is 47.1 Å². The fraction of sp³-hybridized carbons (Fsp3) is 0.211. The average molecular weight is 306 g/mol. The van der Waals surface area contributed by atoms with Gasteiger partial charge in [0.15, 0.2) is 0 Å². The molecular formula is C19H15FN2O. The molecule has 1 aromatic heterocycles. The molecule has 114 valence electrons.